The Labute approximate surface area is 158 Å². The number of thioether (sulfide) groups is 1. The summed E-state index contributed by atoms with van der Waals surface area (Å²) >= 11 is 12.9. The van der Waals surface area contributed by atoms with E-state index in [4.69, 9.17) is 23.2 Å². The monoisotopic (exact) mass is 394 g/mol. The number of nitrogens with zero attached hydrogens (tertiary/aromatic N) is 1. The molecule has 5 nitrogen and oxygen atoms in total. The zero-order valence-electron chi connectivity index (χ0n) is 12.7. The van der Waals surface area contributed by atoms with Gasteiger partial charge in [0.15, 0.2) is 0 Å². The molecule has 1 aliphatic heterocycles. The summed E-state index contributed by atoms with van der Waals surface area (Å²) in [5.41, 5.74) is 0.777. The summed E-state index contributed by atoms with van der Waals surface area (Å²) in [4.78, 5) is 38.0. The number of carbonyl (C=O) groups excluding carboxylic acids is 3. The zero-order chi connectivity index (χ0) is 18.0. The highest BCUT2D eigenvalue weighted by Gasteiger charge is 2.41. The van der Waals surface area contributed by atoms with Crippen molar-refractivity contribution in [3.63, 3.8) is 0 Å². The summed E-state index contributed by atoms with van der Waals surface area (Å²) in [6, 6.07) is 13.5. The van der Waals surface area contributed by atoms with Gasteiger partial charge in [0.2, 0.25) is 11.8 Å². The van der Waals surface area contributed by atoms with Crippen molar-refractivity contribution in [3.05, 3.63) is 58.6 Å². The number of nitrogens with one attached hydrogen (secondary N) is 1. The third-order valence-electron chi connectivity index (χ3n) is 3.53. The zero-order valence-corrected chi connectivity index (χ0v) is 15.1. The first kappa shape index (κ1) is 17.8. The summed E-state index contributed by atoms with van der Waals surface area (Å²) in [7, 11) is 0. The number of amides is 3. The third-order valence-corrected chi connectivity index (χ3v) is 5.20. The first-order valence-electron chi connectivity index (χ1n) is 7.31. The van der Waals surface area contributed by atoms with Gasteiger partial charge < -0.3 is 5.32 Å². The van der Waals surface area contributed by atoms with Crippen molar-refractivity contribution < 1.29 is 14.4 Å². The van der Waals surface area contributed by atoms with E-state index >= 15 is 0 Å². The van der Waals surface area contributed by atoms with Gasteiger partial charge in [0.05, 0.1) is 21.4 Å². The van der Waals surface area contributed by atoms with Crippen LogP contribution in [0.3, 0.4) is 0 Å². The summed E-state index contributed by atoms with van der Waals surface area (Å²) in [5.74, 6) is -0.856. The van der Waals surface area contributed by atoms with E-state index in [9.17, 15) is 14.4 Å². The quantitative estimate of drug-likeness (QED) is 0.822. The van der Waals surface area contributed by atoms with Gasteiger partial charge in [0, 0.05) is 6.42 Å². The SMILES string of the molecule is O=C(CC1SC(=O)N(c2ccccc2)C1=O)Nc1c(Cl)cccc1Cl. The van der Waals surface area contributed by atoms with Gasteiger partial charge >= 0.3 is 0 Å². The van der Waals surface area contributed by atoms with E-state index in [1.54, 1.807) is 48.5 Å². The number of para-hydroxylation sites is 2. The van der Waals surface area contributed by atoms with Crippen LogP contribution in [0, 0.1) is 0 Å². The van der Waals surface area contributed by atoms with Crippen LogP contribution in [0.25, 0.3) is 0 Å². The van der Waals surface area contributed by atoms with Crippen LogP contribution in [0.2, 0.25) is 10.0 Å². The Morgan fingerprint density at radius 2 is 1.68 bits per heavy atom. The first-order chi connectivity index (χ1) is 12.0. The van der Waals surface area contributed by atoms with Crippen LogP contribution >= 0.6 is 35.0 Å². The fourth-order valence-corrected chi connectivity index (χ4v) is 3.85. The molecule has 2 aromatic carbocycles. The van der Waals surface area contributed by atoms with Crippen LogP contribution in [-0.4, -0.2) is 22.3 Å². The standard InChI is InChI=1S/C17H12Cl2N2O3S/c18-11-7-4-8-12(19)15(11)20-14(22)9-13-16(23)21(17(24)25-13)10-5-2-1-3-6-10/h1-8,13H,9H2,(H,20,22). The van der Waals surface area contributed by atoms with Gasteiger partial charge in [-0.3, -0.25) is 14.4 Å². The number of rotatable bonds is 4. The summed E-state index contributed by atoms with van der Waals surface area (Å²) in [6.07, 6.45) is -0.153. The minimum Gasteiger partial charge on any atom is -0.323 e. The predicted molar refractivity (Wildman–Crippen MR) is 100 cm³/mol. The normalized spacial score (nSPS) is 17.0. The lowest BCUT2D eigenvalue weighted by Crippen LogP contribution is -2.32. The van der Waals surface area contributed by atoms with Gasteiger partial charge in [-0.2, -0.15) is 0 Å². The molecule has 8 heteroatoms. The molecule has 0 aliphatic carbocycles. The van der Waals surface area contributed by atoms with E-state index in [1.165, 1.54) is 0 Å². The summed E-state index contributed by atoms with van der Waals surface area (Å²) in [5, 5.41) is 2.01. The number of carbonyl (C=O) groups is 3. The molecule has 0 aromatic heterocycles. The Kier molecular flexibility index (Phi) is 5.32. The number of hydrogen-bond acceptors (Lipinski definition) is 4. The van der Waals surface area contributed by atoms with Crippen molar-refractivity contribution in [1.82, 2.24) is 0 Å². The van der Waals surface area contributed by atoms with Crippen LogP contribution in [0.5, 0.6) is 0 Å². The second-order valence-corrected chi connectivity index (χ2v) is 7.20. The Morgan fingerprint density at radius 1 is 1.04 bits per heavy atom. The number of imide groups is 1. The fourth-order valence-electron chi connectivity index (χ4n) is 2.37. The molecule has 25 heavy (non-hydrogen) atoms. The van der Waals surface area contributed by atoms with Crippen LogP contribution in [0.15, 0.2) is 48.5 Å². The van der Waals surface area contributed by atoms with Crippen molar-refractivity contribution in [3.8, 4) is 0 Å². The van der Waals surface area contributed by atoms with Crippen molar-refractivity contribution in [2.75, 3.05) is 10.2 Å². The van der Waals surface area contributed by atoms with Crippen molar-refractivity contribution in [1.29, 1.82) is 0 Å². The fraction of sp³-hybridized carbons (Fsp3) is 0.118. The molecule has 0 spiro atoms. The smallest absolute Gasteiger partial charge is 0.293 e. The highest BCUT2D eigenvalue weighted by Crippen LogP contribution is 2.34. The Balaban J connectivity index is 1.70. The molecule has 0 saturated carbocycles. The molecular formula is C17H12Cl2N2O3S. The van der Waals surface area contributed by atoms with E-state index in [1.807, 2.05) is 0 Å². The van der Waals surface area contributed by atoms with Gasteiger partial charge in [-0.15, -0.1) is 0 Å². The van der Waals surface area contributed by atoms with E-state index in [0.717, 1.165) is 16.7 Å². The molecule has 0 radical (unpaired) electrons. The molecule has 2 aromatic rings. The van der Waals surface area contributed by atoms with Gasteiger partial charge in [0.25, 0.3) is 5.24 Å². The molecule has 0 bridgehead atoms. The van der Waals surface area contributed by atoms with Gasteiger partial charge in [0.1, 0.15) is 5.25 Å². The lowest BCUT2D eigenvalue weighted by molar-refractivity contribution is -0.121. The number of benzene rings is 2. The molecule has 3 rings (SSSR count). The van der Waals surface area contributed by atoms with E-state index < -0.39 is 22.3 Å². The first-order valence-corrected chi connectivity index (χ1v) is 8.94. The van der Waals surface area contributed by atoms with Crippen LogP contribution < -0.4 is 10.2 Å². The Bertz CT molecular complexity index is 825. The molecule has 1 fully saturated rings. The lowest BCUT2D eigenvalue weighted by atomic mass is 10.2. The third kappa shape index (κ3) is 3.81. The average Bonchev–Trinajstić information content (AvgIpc) is 2.85. The van der Waals surface area contributed by atoms with Crippen LogP contribution in [-0.2, 0) is 9.59 Å². The van der Waals surface area contributed by atoms with E-state index in [2.05, 4.69) is 5.32 Å². The number of hydrogen-bond donors (Lipinski definition) is 1. The second kappa shape index (κ2) is 7.47. The van der Waals surface area contributed by atoms with Gasteiger partial charge in [-0.25, -0.2) is 4.90 Å². The molecule has 1 saturated heterocycles. The molecular weight excluding hydrogens is 383 g/mol. The van der Waals surface area contributed by atoms with Crippen molar-refractivity contribution in [2.45, 2.75) is 11.7 Å². The van der Waals surface area contributed by atoms with Crippen LogP contribution in [0.1, 0.15) is 6.42 Å². The largest absolute Gasteiger partial charge is 0.323 e. The van der Waals surface area contributed by atoms with E-state index in [0.29, 0.717) is 15.7 Å². The maximum atomic E-state index is 12.5. The summed E-state index contributed by atoms with van der Waals surface area (Å²) in [6.45, 7) is 0. The predicted octanol–water partition coefficient (Wildman–Crippen LogP) is 4.59. The minimum atomic E-state index is -0.783. The number of anilines is 2. The summed E-state index contributed by atoms with van der Waals surface area (Å²) < 4.78 is 0. The maximum Gasteiger partial charge on any atom is 0.293 e. The molecule has 1 N–H and O–H groups in total. The molecule has 3 amide bonds. The van der Waals surface area contributed by atoms with Crippen LogP contribution in [0.4, 0.5) is 16.2 Å². The second-order valence-electron chi connectivity index (χ2n) is 5.23. The maximum absolute atomic E-state index is 12.5. The van der Waals surface area contributed by atoms with E-state index in [-0.39, 0.29) is 12.1 Å². The molecule has 1 unspecified atom stereocenters. The molecule has 1 heterocycles. The average molecular weight is 395 g/mol. The molecule has 128 valence electrons. The van der Waals surface area contributed by atoms with Gasteiger partial charge in [-0.1, -0.05) is 47.5 Å². The highest BCUT2D eigenvalue weighted by atomic mass is 35.5. The molecule has 1 atom stereocenters. The Morgan fingerprint density at radius 3 is 2.32 bits per heavy atom. The minimum absolute atomic E-state index is 0.153. The van der Waals surface area contributed by atoms with Crippen molar-refractivity contribution >= 4 is 63.4 Å². The lowest BCUT2D eigenvalue weighted by Gasteiger charge is -2.14. The van der Waals surface area contributed by atoms with Crippen molar-refractivity contribution in [2.24, 2.45) is 0 Å². The number of halogens is 2. The Hall–Kier alpha value is -2.02. The topological polar surface area (TPSA) is 66.5 Å². The highest BCUT2D eigenvalue weighted by molar-refractivity contribution is 8.15. The molecule has 1 aliphatic rings. The van der Waals surface area contributed by atoms with Gasteiger partial charge in [-0.05, 0) is 36.0 Å².